The molecule has 0 aliphatic carbocycles. The largest absolute Gasteiger partial charge is 0.325 e. The zero-order valence-electron chi connectivity index (χ0n) is 11.9. The smallest absolute Gasteiger partial charge is 0.169 e. The molecule has 2 heterocycles. The van der Waals surface area contributed by atoms with Crippen LogP contribution in [0.3, 0.4) is 0 Å². The van der Waals surface area contributed by atoms with Gasteiger partial charge in [-0.3, -0.25) is 14.5 Å². The van der Waals surface area contributed by atoms with Crippen molar-refractivity contribution in [3.63, 3.8) is 0 Å². The van der Waals surface area contributed by atoms with Gasteiger partial charge in [0.2, 0.25) is 0 Å². The third-order valence-corrected chi connectivity index (χ3v) is 3.40. The van der Waals surface area contributed by atoms with E-state index in [1.165, 1.54) is 0 Å². The summed E-state index contributed by atoms with van der Waals surface area (Å²) in [7, 11) is 0. The monoisotopic (exact) mass is 272 g/mol. The maximum Gasteiger partial charge on any atom is 0.169 e. The Bertz CT molecular complexity index is 591. The van der Waals surface area contributed by atoms with Crippen LogP contribution in [0.5, 0.6) is 0 Å². The lowest BCUT2D eigenvalue weighted by Crippen LogP contribution is -2.09. The van der Waals surface area contributed by atoms with Crippen molar-refractivity contribution in [2.24, 2.45) is 5.73 Å². The van der Waals surface area contributed by atoms with Gasteiger partial charge in [-0.25, -0.2) is 0 Å². The molecule has 0 aliphatic rings. The number of ketones is 1. The predicted octanol–water partition coefficient (Wildman–Crippen LogP) is 2.13. The number of carbonyl (C=O) groups is 1. The van der Waals surface area contributed by atoms with Crippen molar-refractivity contribution in [3.8, 4) is 0 Å². The molecule has 0 bridgehead atoms. The summed E-state index contributed by atoms with van der Waals surface area (Å²) in [6.45, 7) is 4.56. The Morgan fingerprint density at radius 2 is 2.20 bits per heavy atom. The van der Waals surface area contributed by atoms with Gasteiger partial charge >= 0.3 is 0 Å². The summed E-state index contributed by atoms with van der Waals surface area (Å²) in [5, 5.41) is 4.44. The molecule has 5 nitrogen and oxygen atoms in total. The fourth-order valence-corrected chi connectivity index (χ4v) is 1.93. The Balaban J connectivity index is 2.09. The standard InChI is InChI=1S/C15H20N4O/c1-3-11(2)19-7-5-13(18-19)9-15(20)12-4-6-17-14(8-12)10-16/h4-8,11H,3,9-10,16H2,1-2H3. The first-order valence-corrected chi connectivity index (χ1v) is 6.86. The summed E-state index contributed by atoms with van der Waals surface area (Å²) in [6, 6.07) is 5.71. The summed E-state index contributed by atoms with van der Waals surface area (Å²) < 4.78 is 1.90. The molecule has 0 saturated carbocycles. The van der Waals surface area contributed by atoms with E-state index >= 15 is 0 Å². The maximum atomic E-state index is 12.2. The second kappa shape index (κ2) is 6.43. The minimum absolute atomic E-state index is 0.0384. The Kier molecular flexibility index (Phi) is 4.63. The van der Waals surface area contributed by atoms with Crippen molar-refractivity contribution in [2.45, 2.75) is 39.3 Å². The number of rotatable bonds is 6. The van der Waals surface area contributed by atoms with Crippen molar-refractivity contribution in [3.05, 3.63) is 47.5 Å². The maximum absolute atomic E-state index is 12.2. The van der Waals surface area contributed by atoms with Crippen LogP contribution in [0.15, 0.2) is 30.6 Å². The summed E-state index contributed by atoms with van der Waals surface area (Å²) in [5.41, 5.74) is 7.69. The van der Waals surface area contributed by atoms with Crippen LogP contribution in [-0.4, -0.2) is 20.5 Å². The molecule has 106 valence electrons. The molecule has 0 fully saturated rings. The Hall–Kier alpha value is -2.01. The minimum Gasteiger partial charge on any atom is -0.325 e. The highest BCUT2D eigenvalue weighted by Crippen LogP contribution is 2.11. The van der Waals surface area contributed by atoms with Crippen LogP contribution in [0.4, 0.5) is 0 Å². The number of nitrogens with zero attached hydrogens (tertiary/aromatic N) is 3. The van der Waals surface area contributed by atoms with Crippen LogP contribution < -0.4 is 5.73 Å². The number of pyridine rings is 1. The zero-order chi connectivity index (χ0) is 14.5. The second-order valence-electron chi connectivity index (χ2n) is 4.88. The van der Waals surface area contributed by atoms with Crippen LogP contribution in [0.25, 0.3) is 0 Å². The summed E-state index contributed by atoms with van der Waals surface area (Å²) in [6.07, 6.45) is 4.86. The Labute approximate surface area is 118 Å². The summed E-state index contributed by atoms with van der Waals surface area (Å²) in [4.78, 5) is 16.3. The predicted molar refractivity (Wildman–Crippen MR) is 77.4 cm³/mol. The molecule has 1 atom stereocenters. The topological polar surface area (TPSA) is 73.8 Å². The second-order valence-corrected chi connectivity index (χ2v) is 4.88. The van der Waals surface area contributed by atoms with E-state index in [-0.39, 0.29) is 5.78 Å². The van der Waals surface area contributed by atoms with E-state index in [9.17, 15) is 4.79 Å². The van der Waals surface area contributed by atoms with Gasteiger partial charge in [0.25, 0.3) is 0 Å². The molecule has 20 heavy (non-hydrogen) atoms. The van der Waals surface area contributed by atoms with Gasteiger partial charge in [-0.05, 0) is 31.5 Å². The quantitative estimate of drug-likeness (QED) is 0.817. The molecule has 0 amide bonds. The van der Waals surface area contributed by atoms with Crippen LogP contribution in [0.2, 0.25) is 0 Å². The Morgan fingerprint density at radius 3 is 2.90 bits per heavy atom. The first-order valence-electron chi connectivity index (χ1n) is 6.86. The molecule has 2 rings (SSSR count). The number of carbonyl (C=O) groups excluding carboxylic acids is 1. The first-order chi connectivity index (χ1) is 9.63. The van der Waals surface area contributed by atoms with Crippen LogP contribution in [0.1, 0.15) is 48.1 Å². The molecule has 2 aromatic rings. The molecular formula is C15H20N4O. The van der Waals surface area contributed by atoms with Gasteiger partial charge in [-0.2, -0.15) is 5.10 Å². The molecular weight excluding hydrogens is 252 g/mol. The van der Waals surface area contributed by atoms with E-state index in [0.717, 1.165) is 17.8 Å². The SMILES string of the molecule is CCC(C)n1ccc(CC(=O)c2ccnc(CN)c2)n1. The molecule has 5 heteroatoms. The summed E-state index contributed by atoms with van der Waals surface area (Å²) in [5.74, 6) is 0.0384. The number of hydrogen-bond donors (Lipinski definition) is 1. The third-order valence-electron chi connectivity index (χ3n) is 3.40. The van der Waals surface area contributed by atoms with Crippen LogP contribution >= 0.6 is 0 Å². The summed E-state index contributed by atoms with van der Waals surface area (Å²) >= 11 is 0. The number of aromatic nitrogens is 3. The highest BCUT2D eigenvalue weighted by Gasteiger charge is 2.11. The van der Waals surface area contributed by atoms with Crippen molar-refractivity contribution >= 4 is 5.78 Å². The lowest BCUT2D eigenvalue weighted by Gasteiger charge is -2.08. The van der Waals surface area contributed by atoms with Crippen molar-refractivity contribution in [1.82, 2.24) is 14.8 Å². The van der Waals surface area contributed by atoms with E-state index in [1.54, 1.807) is 18.3 Å². The van der Waals surface area contributed by atoms with E-state index in [1.807, 2.05) is 16.9 Å². The lowest BCUT2D eigenvalue weighted by molar-refractivity contribution is 0.0991. The number of Topliss-reactive ketones (excluding diaryl/α,β-unsaturated/α-hetero) is 1. The van der Waals surface area contributed by atoms with Gasteiger partial charge in [0.15, 0.2) is 5.78 Å². The average Bonchev–Trinajstić information content (AvgIpc) is 2.95. The molecule has 0 aromatic carbocycles. The fraction of sp³-hybridized carbons (Fsp3) is 0.400. The van der Waals surface area contributed by atoms with E-state index < -0.39 is 0 Å². The first kappa shape index (κ1) is 14.4. The molecule has 2 aromatic heterocycles. The van der Waals surface area contributed by atoms with E-state index in [4.69, 9.17) is 5.73 Å². The number of hydrogen-bond acceptors (Lipinski definition) is 4. The minimum atomic E-state index is 0.0384. The molecule has 0 spiro atoms. The molecule has 1 unspecified atom stereocenters. The third kappa shape index (κ3) is 3.30. The van der Waals surface area contributed by atoms with Crippen molar-refractivity contribution < 1.29 is 4.79 Å². The van der Waals surface area contributed by atoms with Crippen LogP contribution in [-0.2, 0) is 13.0 Å². The highest BCUT2D eigenvalue weighted by molar-refractivity contribution is 5.97. The van der Waals surface area contributed by atoms with E-state index in [2.05, 4.69) is 23.9 Å². The fourth-order valence-electron chi connectivity index (χ4n) is 1.93. The van der Waals surface area contributed by atoms with Gasteiger partial charge in [0.05, 0.1) is 17.8 Å². The normalized spacial score (nSPS) is 12.3. The van der Waals surface area contributed by atoms with Gasteiger partial charge in [-0.1, -0.05) is 6.92 Å². The zero-order valence-corrected chi connectivity index (χ0v) is 11.9. The van der Waals surface area contributed by atoms with Gasteiger partial charge in [0, 0.05) is 30.5 Å². The molecule has 0 radical (unpaired) electrons. The average molecular weight is 272 g/mol. The van der Waals surface area contributed by atoms with Crippen LogP contribution in [0, 0.1) is 0 Å². The molecule has 0 aliphatic heterocycles. The van der Waals surface area contributed by atoms with Gasteiger partial charge in [-0.15, -0.1) is 0 Å². The molecule has 2 N–H and O–H groups in total. The molecule has 0 saturated heterocycles. The highest BCUT2D eigenvalue weighted by atomic mass is 16.1. The number of nitrogens with two attached hydrogens (primary N) is 1. The van der Waals surface area contributed by atoms with Gasteiger partial charge in [0.1, 0.15) is 0 Å². The lowest BCUT2D eigenvalue weighted by atomic mass is 10.1. The van der Waals surface area contributed by atoms with Gasteiger partial charge < -0.3 is 5.73 Å². The Morgan fingerprint density at radius 1 is 1.40 bits per heavy atom. The van der Waals surface area contributed by atoms with Crippen molar-refractivity contribution in [2.75, 3.05) is 0 Å². The van der Waals surface area contributed by atoms with Crippen molar-refractivity contribution in [1.29, 1.82) is 0 Å². The van der Waals surface area contributed by atoms with E-state index in [0.29, 0.717) is 24.6 Å².